The van der Waals surface area contributed by atoms with Crippen molar-refractivity contribution in [3.63, 3.8) is 0 Å². The van der Waals surface area contributed by atoms with Crippen LogP contribution in [0.4, 0.5) is 4.79 Å². The van der Waals surface area contributed by atoms with Crippen molar-refractivity contribution in [3.8, 4) is 5.75 Å². The number of benzene rings is 1. The van der Waals surface area contributed by atoms with Gasteiger partial charge in [0.05, 0.1) is 6.54 Å². The molecule has 5 nitrogen and oxygen atoms in total. The summed E-state index contributed by atoms with van der Waals surface area (Å²) in [6, 6.07) is 7.58. The number of hydrogen-bond donors (Lipinski definition) is 2. The third-order valence-corrected chi connectivity index (χ3v) is 2.57. The quantitative estimate of drug-likeness (QED) is 0.823. The lowest BCUT2D eigenvalue weighted by molar-refractivity contribution is 0.105. The number of alkyl carbamates (subject to hydrolysis) is 1. The van der Waals surface area contributed by atoms with Crippen molar-refractivity contribution in [2.24, 2.45) is 5.73 Å². The zero-order valence-corrected chi connectivity index (χ0v) is 9.68. The summed E-state index contributed by atoms with van der Waals surface area (Å²) in [5, 5.41) is 2.57. The van der Waals surface area contributed by atoms with Crippen molar-refractivity contribution in [1.82, 2.24) is 5.32 Å². The number of carbonyl (C=O) groups is 1. The van der Waals surface area contributed by atoms with Gasteiger partial charge in [-0.2, -0.15) is 0 Å². The molecule has 17 heavy (non-hydrogen) atoms. The normalized spacial score (nSPS) is 20.6. The topological polar surface area (TPSA) is 73.6 Å². The summed E-state index contributed by atoms with van der Waals surface area (Å²) in [5.41, 5.74) is 6.80. The van der Waals surface area contributed by atoms with Gasteiger partial charge in [0.15, 0.2) is 6.10 Å². The average molecular weight is 236 g/mol. The van der Waals surface area contributed by atoms with Crippen LogP contribution in [0.1, 0.15) is 18.5 Å². The van der Waals surface area contributed by atoms with Gasteiger partial charge >= 0.3 is 6.09 Å². The minimum Gasteiger partial charge on any atom is -0.490 e. The fourth-order valence-electron chi connectivity index (χ4n) is 1.60. The van der Waals surface area contributed by atoms with Gasteiger partial charge in [-0.1, -0.05) is 12.1 Å². The number of cyclic esters (lactones) is 1. The van der Waals surface area contributed by atoms with Crippen LogP contribution in [0.2, 0.25) is 0 Å². The fraction of sp³-hybridized carbons (Fsp3) is 0.417. The first-order chi connectivity index (χ1) is 8.15. The first-order valence-corrected chi connectivity index (χ1v) is 5.58. The van der Waals surface area contributed by atoms with E-state index in [4.69, 9.17) is 15.2 Å². The van der Waals surface area contributed by atoms with Crippen molar-refractivity contribution in [3.05, 3.63) is 29.8 Å². The highest BCUT2D eigenvalue weighted by Crippen LogP contribution is 2.18. The van der Waals surface area contributed by atoms with Crippen molar-refractivity contribution >= 4 is 6.09 Å². The van der Waals surface area contributed by atoms with Crippen LogP contribution >= 0.6 is 0 Å². The van der Waals surface area contributed by atoms with E-state index in [0.717, 1.165) is 11.3 Å². The third kappa shape index (κ3) is 3.10. The Balaban J connectivity index is 1.90. The molecule has 1 amide bonds. The first kappa shape index (κ1) is 11.7. The summed E-state index contributed by atoms with van der Waals surface area (Å²) in [5.74, 6) is 0.739. The Bertz CT molecular complexity index is 406. The molecular weight excluding hydrogens is 220 g/mol. The number of ether oxygens (including phenoxy) is 2. The molecule has 5 heteroatoms. The predicted molar refractivity (Wildman–Crippen MR) is 62.8 cm³/mol. The second-order valence-electron chi connectivity index (χ2n) is 4.08. The number of nitrogens with one attached hydrogen (secondary N) is 1. The van der Waals surface area contributed by atoms with Crippen LogP contribution in [0.15, 0.2) is 24.3 Å². The number of nitrogens with two attached hydrogens (primary N) is 1. The van der Waals surface area contributed by atoms with Gasteiger partial charge in [-0.3, -0.25) is 0 Å². The SMILES string of the molecule is C[C@@H](N)c1cccc(OCC2CNC(=O)O2)c1. The van der Waals surface area contributed by atoms with E-state index < -0.39 is 0 Å². The molecule has 1 fully saturated rings. The van der Waals surface area contributed by atoms with E-state index in [-0.39, 0.29) is 18.2 Å². The number of carbonyl (C=O) groups excluding carboxylic acids is 1. The molecule has 1 aliphatic heterocycles. The maximum Gasteiger partial charge on any atom is 0.407 e. The largest absolute Gasteiger partial charge is 0.490 e. The molecule has 1 unspecified atom stereocenters. The van der Waals surface area contributed by atoms with Gasteiger partial charge in [0.25, 0.3) is 0 Å². The van der Waals surface area contributed by atoms with Crippen LogP contribution < -0.4 is 15.8 Å². The maximum absolute atomic E-state index is 10.8. The van der Waals surface area contributed by atoms with Crippen LogP contribution in [0.3, 0.4) is 0 Å². The number of amides is 1. The van der Waals surface area contributed by atoms with Gasteiger partial charge in [0.1, 0.15) is 12.4 Å². The van der Waals surface area contributed by atoms with Crippen molar-refractivity contribution < 1.29 is 14.3 Å². The molecule has 1 aliphatic rings. The Labute approximate surface area is 99.9 Å². The van der Waals surface area contributed by atoms with Crippen LogP contribution in [-0.2, 0) is 4.74 Å². The number of hydrogen-bond acceptors (Lipinski definition) is 4. The Morgan fingerprint density at radius 3 is 3.12 bits per heavy atom. The van der Waals surface area contributed by atoms with Crippen molar-refractivity contribution in [2.75, 3.05) is 13.2 Å². The van der Waals surface area contributed by atoms with E-state index in [1.165, 1.54) is 0 Å². The van der Waals surface area contributed by atoms with Gasteiger partial charge in [-0.15, -0.1) is 0 Å². The Morgan fingerprint density at radius 2 is 2.47 bits per heavy atom. The lowest BCUT2D eigenvalue weighted by atomic mass is 10.1. The third-order valence-electron chi connectivity index (χ3n) is 2.57. The monoisotopic (exact) mass is 236 g/mol. The molecule has 0 bridgehead atoms. The summed E-state index contributed by atoms with van der Waals surface area (Å²) in [6.45, 7) is 2.76. The smallest absolute Gasteiger partial charge is 0.407 e. The highest BCUT2D eigenvalue weighted by atomic mass is 16.6. The standard InChI is InChI=1S/C12H16N2O3/c1-8(13)9-3-2-4-10(5-9)16-7-11-6-14-12(15)17-11/h2-5,8,11H,6-7,13H2,1H3,(H,14,15)/t8-,11?/m1/s1. The molecule has 0 saturated carbocycles. The predicted octanol–water partition coefficient (Wildman–Crippen LogP) is 1.19. The fourth-order valence-corrected chi connectivity index (χ4v) is 1.60. The minimum atomic E-state index is -0.386. The molecule has 1 saturated heterocycles. The van der Waals surface area contributed by atoms with Crippen LogP contribution in [-0.4, -0.2) is 25.3 Å². The Hall–Kier alpha value is -1.75. The minimum absolute atomic E-state index is 0.0236. The molecule has 0 radical (unpaired) electrons. The zero-order valence-electron chi connectivity index (χ0n) is 9.68. The highest BCUT2D eigenvalue weighted by Gasteiger charge is 2.22. The van der Waals surface area contributed by atoms with E-state index in [1.54, 1.807) is 0 Å². The van der Waals surface area contributed by atoms with E-state index >= 15 is 0 Å². The molecule has 92 valence electrons. The molecule has 1 aromatic carbocycles. The Kier molecular flexibility index (Phi) is 3.49. The van der Waals surface area contributed by atoms with Crippen LogP contribution in [0, 0.1) is 0 Å². The summed E-state index contributed by atoms with van der Waals surface area (Å²) < 4.78 is 10.5. The summed E-state index contributed by atoms with van der Waals surface area (Å²) in [4.78, 5) is 10.8. The van der Waals surface area contributed by atoms with Gasteiger partial charge in [0, 0.05) is 6.04 Å². The molecule has 0 aliphatic carbocycles. The van der Waals surface area contributed by atoms with E-state index in [1.807, 2.05) is 31.2 Å². The highest BCUT2D eigenvalue weighted by molar-refractivity contribution is 5.69. The molecular formula is C12H16N2O3. The number of rotatable bonds is 4. The Morgan fingerprint density at radius 1 is 1.65 bits per heavy atom. The summed E-state index contributed by atoms with van der Waals surface area (Å²) in [6.07, 6.45) is -0.607. The average Bonchev–Trinajstić information content (AvgIpc) is 2.73. The molecule has 1 heterocycles. The molecule has 0 aromatic heterocycles. The van der Waals surface area contributed by atoms with E-state index in [0.29, 0.717) is 13.2 Å². The molecule has 3 N–H and O–H groups in total. The lowest BCUT2D eigenvalue weighted by Crippen LogP contribution is -2.22. The molecule has 0 spiro atoms. The molecule has 1 aromatic rings. The van der Waals surface area contributed by atoms with Crippen molar-refractivity contribution in [1.29, 1.82) is 0 Å². The lowest BCUT2D eigenvalue weighted by Gasteiger charge is -2.12. The van der Waals surface area contributed by atoms with Crippen molar-refractivity contribution in [2.45, 2.75) is 19.1 Å². The first-order valence-electron chi connectivity index (χ1n) is 5.58. The van der Waals surface area contributed by atoms with Gasteiger partial charge in [0.2, 0.25) is 0 Å². The van der Waals surface area contributed by atoms with Gasteiger partial charge < -0.3 is 20.5 Å². The molecule has 2 rings (SSSR count). The maximum atomic E-state index is 10.8. The zero-order chi connectivity index (χ0) is 12.3. The van der Waals surface area contributed by atoms with Crippen LogP contribution in [0.25, 0.3) is 0 Å². The summed E-state index contributed by atoms with van der Waals surface area (Å²) in [7, 11) is 0. The second kappa shape index (κ2) is 5.05. The second-order valence-corrected chi connectivity index (χ2v) is 4.08. The molecule has 2 atom stereocenters. The summed E-state index contributed by atoms with van der Waals surface area (Å²) >= 11 is 0. The van der Waals surface area contributed by atoms with Gasteiger partial charge in [-0.05, 0) is 24.6 Å². The van der Waals surface area contributed by atoms with E-state index in [9.17, 15) is 4.79 Å². The van der Waals surface area contributed by atoms with E-state index in [2.05, 4.69) is 5.32 Å². The van der Waals surface area contributed by atoms with Crippen LogP contribution in [0.5, 0.6) is 5.75 Å². The van der Waals surface area contributed by atoms with Gasteiger partial charge in [-0.25, -0.2) is 4.79 Å².